The lowest BCUT2D eigenvalue weighted by molar-refractivity contribution is -0.119. The quantitative estimate of drug-likeness (QED) is 0.783. The number of rotatable bonds is 4. The largest absolute Gasteiger partial charge is 0.391 e. The molecule has 1 unspecified atom stereocenters. The van der Waals surface area contributed by atoms with E-state index in [1.807, 2.05) is 24.3 Å². The first-order valence-corrected chi connectivity index (χ1v) is 5.60. The molecule has 86 valence electrons. The van der Waals surface area contributed by atoms with Gasteiger partial charge in [-0.05, 0) is 17.5 Å². The molecule has 0 saturated carbocycles. The van der Waals surface area contributed by atoms with Crippen LogP contribution in [0, 0.1) is 0 Å². The normalized spacial score (nSPS) is 11.9. The minimum atomic E-state index is -0.376. The van der Waals surface area contributed by atoms with Crippen molar-refractivity contribution in [3.05, 3.63) is 35.4 Å². The van der Waals surface area contributed by atoms with E-state index in [1.54, 1.807) is 0 Å². The number of carbonyl (C=O) groups is 1. The Morgan fingerprint density at radius 1 is 1.44 bits per heavy atom. The summed E-state index contributed by atoms with van der Waals surface area (Å²) < 4.78 is 0. The van der Waals surface area contributed by atoms with Crippen molar-refractivity contribution in [1.82, 2.24) is 5.32 Å². The Morgan fingerprint density at radius 3 is 2.38 bits per heavy atom. The highest BCUT2D eigenvalue weighted by molar-refractivity contribution is 7.80. The number of nitrogens with two attached hydrogens (primary N) is 1. The van der Waals surface area contributed by atoms with Crippen molar-refractivity contribution in [2.75, 3.05) is 0 Å². The Labute approximate surface area is 101 Å². The van der Waals surface area contributed by atoms with E-state index in [4.69, 9.17) is 18.0 Å². The van der Waals surface area contributed by atoms with Gasteiger partial charge in [-0.25, -0.2) is 0 Å². The summed E-state index contributed by atoms with van der Waals surface area (Å²) >= 11 is 4.94. The second kappa shape index (κ2) is 5.61. The van der Waals surface area contributed by atoms with Crippen LogP contribution in [0.3, 0.4) is 0 Å². The third kappa shape index (κ3) is 3.31. The van der Waals surface area contributed by atoms with Crippen molar-refractivity contribution >= 4 is 23.1 Å². The molecule has 0 bridgehead atoms. The third-order valence-electron chi connectivity index (χ3n) is 2.35. The first kappa shape index (κ1) is 12.6. The van der Waals surface area contributed by atoms with Crippen molar-refractivity contribution in [2.24, 2.45) is 5.73 Å². The SMILES string of the molecule is CCc1ccc(C(NC(C)=O)C(N)=S)cc1. The van der Waals surface area contributed by atoms with E-state index in [0.717, 1.165) is 12.0 Å². The van der Waals surface area contributed by atoms with Gasteiger partial charge in [-0.15, -0.1) is 0 Å². The zero-order valence-electron chi connectivity index (χ0n) is 9.49. The average molecular weight is 236 g/mol. The first-order chi connectivity index (χ1) is 7.54. The maximum atomic E-state index is 11.0. The Morgan fingerprint density at radius 2 is 2.00 bits per heavy atom. The fourth-order valence-electron chi connectivity index (χ4n) is 1.47. The van der Waals surface area contributed by atoms with Gasteiger partial charge in [0.2, 0.25) is 5.91 Å². The number of hydrogen-bond donors (Lipinski definition) is 2. The van der Waals surface area contributed by atoms with Crippen LogP contribution in [-0.2, 0) is 11.2 Å². The average Bonchev–Trinajstić information content (AvgIpc) is 2.25. The number of amides is 1. The Kier molecular flexibility index (Phi) is 4.43. The summed E-state index contributed by atoms with van der Waals surface area (Å²) in [6.07, 6.45) is 0.984. The van der Waals surface area contributed by atoms with Crippen LogP contribution in [0.15, 0.2) is 24.3 Å². The summed E-state index contributed by atoms with van der Waals surface area (Å²) in [6, 6.07) is 7.54. The molecule has 0 aliphatic carbocycles. The van der Waals surface area contributed by atoms with E-state index >= 15 is 0 Å². The molecule has 0 aromatic heterocycles. The lowest BCUT2D eigenvalue weighted by Gasteiger charge is -2.17. The van der Waals surface area contributed by atoms with E-state index in [-0.39, 0.29) is 16.9 Å². The molecule has 1 aromatic carbocycles. The molecule has 3 nitrogen and oxygen atoms in total. The smallest absolute Gasteiger partial charge is 0.217 e. The highest BCUT2D eigenvalue weighted by Gasteiger charge is 2.14. The fraction of sp³-hybridized carbons (Fsp3) is 0.333. The van der Waals surface area contributed by atoms with Gasteiger partial charge in [0.05, 0.1) is 0 Å². The topological polar surface area (TPSA) is 55.1 Å². The van der Waals surface area contributed by atoms with Gasteiger partial charge in [-0.1, -0.05) is 43.4 Å². The zero-order chi connectivity index (χ0) is 12.1. The number of thiocarbonyl (C=S) groups is 1. The molecular formula is C12H16N2OS. The molecule has 0 aliphatic heterocycles. The standard InChI is InChI=1S/C12H16N2OS/c1-3-9-4-6-10(7-5-9)11(12(13)16)14-8(2)15/h4-7,11H,3H2,1-2H3,(H2,13,16)(H,14,15). The van der Waals surface area contributed by atoms with Crippen LogP contribution in [0.1, 0.15) is 31.0 Å². The third-order valence-corrected chi connectivity index (χ3v) is 2.59. The number of carbonyl (C=O) groups excluding carboxylic acids is 1. The van der Waals surface area contributed by atoms with Crippen LogP contribution in [0.2, 0.25) is 0 Å². The van der Waals surface area contributed by atoms with Crippen LogP contribution in [0.4, 0.5) is 0 Å². The van der Waals surface area contributed by atoms with Gasteiger partial charge in [0.15, 0.2) is 0 Å². The minimum absolute atomic E-state index is 0.141. The molecule has 0 aliphatic rings. The Balaban J connectivity index is 2.92. The molecule has 1 atom stereocenters. The maximum Gasteiger partial charge on any atom is 0.217 e. The van der Waals surface area contributed by atoms with E-state index in [1.165, 1.54) is 12.5 Å². The summed E-state index contributed by atoms with van der Waals surface area (Å²) in [4.78, 5) is 11.3. The molecule has 16 heavy (non-hydrogen) atoms. The predicted octanol–water partition coefficient (Wildman–Crippen LogP) is 1.71. The highest BCUT2D eigenvalue weighted by atomic mass is 32.1. The van der Waals surface area contributed by atoms with Crippen molar-refractivity contribution in [2.45, 2.75) is 26.3 Å². The van der Waals surface area contributed by atoms with Crippen molar-refractivity contribution < 1.29 is 4.79 Å². The lowest BCUT2D eigenvalue weighted by Crippen LogP contribution is -2.35. The minimum Gasteiger partial charge on any atom is -0.391 e. The van der Waals surface area contributed by atoms with Gasteiger partial charge in [-0.3, -0.25) is 4.79 Å². The molecule has 0 heterocycles. The van der Waals surface area contributed by atoms with Crippen molar-refractivity contribution in [3.8, 4) is 0 Å². The van der Waals surface area contributed by atoms with Gasteiger partial charge < -0.3 is 11.1 Å². The van der Waals surface area contributed by atoms with Gasteiger partial charge in [0, 0.05) is 6.92 Å². The molecule has 1 rings (SSSR count). The van der Waals surface area contributed by atoms with Crippen molar-refractivity contribution in [1.29, 1.82) is 0 Å². The zero-order valence-corrected chi connectivity index (χ0v) is 10.3. The van der Waals surface area contributed by atoms with Gasteiger partial charge in [-0.2, -0.15) is 0 Å². The molecule has 3 N–H and O–H groups in total. The van der Waals surface area contributed by atoms with Gasteiger partial charge in [0.1, 0.15) is 11.0 Å². The van der Waals surface area contributed by atoms with Crippen LogP contribution in [0.25, 0.3) is 0 Å². The van der Waals surface area contributed by atoms with Crippen LogP contribution in [-0.4, -0.2) is 10.9 Å². The first-order valence-electron chi connectivity index (χ1n) is 5.19. The maximum absolute atomic E-state index is 11.0. The van der Waals surface area contributed by atoms with Crippen LogP contribution >= 0.6 is 12.2 Å². The molecule has 0 saturated heterocycles. The van der Waals surface area contributed by atoms with E-state index in [9.17, 15) is 4.79 Å². The summed E-state index contributed by atoms with van der Waals surface area (Å²) in [7, 11) is 0. The number of nitrogens with one attached hydrogen (secondary N) is 1. The fourth-order valence-corrected chi connectivity index (χ4v) is 1.66. The van der Waals surface area contributed by atoms with E-state index < -0.39 is 0 Å². The predicted molar refractivity (Wildman–Crippen MR) is 69.2 cm³/mol. The molecule has 1 amide bonds. The molecule has 0 radical (unpaired) electrons. The molecule has 0 fully saturated rings. The molecule has 1 aromatic rings. The second-order valence-corrected chi connectivity index (χ2v) is 4.10. The molecular weight excluding hydrogens is 220 g/mol. The van der Waals surface area contributed by atoms with E-state index in [2.05, 4.69) is 12.2 Å². The summed E-state index contributed by atoms with van der Waals surface area (Å²) in [5, 5.41) is 2.73. The highest BCUT2D eigenvalue weighted by Crippen LogP contribution is 2.14. The summed E-state index contributed by atoms with van der Waals surface area (Å²) in [5.74, 6) is -0.141. The Hall–Kier alpha value is -1.42. The number of hydrogen-bond acceptors (Lipinski definition) is 2. The summed E-state index contributed by atoms with van der Waals surface area (Å²) in [6.45, 7) is 3.54. The monoisotopic (exact) mass is 236 g/mol. The number of aryl methyl sites for hydroxylation is 1. The number of benzene rings is 1. The summed E-state index contributed by atoms with van der Waals surface area (Å²) in [5.41, 5.74) is 7.76. The van der Waals surface area contributed by atoms with Crippen molar-refractivity contribution in [3.63, 3.8) is 0 Å². The second-order valence-electron chi connectivity index (χ2n) is 3.63. The van der Waals surface area contributed by atoms with Crippen LogP contribution < -0.4 is 11.1 Å². The Bertz CT molecular complexity index is 387. The van der Waals surface area contributed by atoms with E-state index in [0.29, 0.717) is 0 Å². The van der Waals surface area contributed by atoms with Gasteiger partial charge in [0.25, 0.3) is 0 Å². The van der Waals surface area contributed by atoms with Crippen LogP contribution in [0.5, 0.6) is 0 Å². The van der Waals surface area contributed by atoms with Gasteiger partial charge >= 0.3 is 0 Å². The molecule has 0 spiro atoms. The molecule has 4 heteroatoms. The lowest BCUT2D eigenvalue weighted by atomic mass is 10.0.